The summed E-state index contributed by atoms with van der Waals surface area (Å²) in [4.78, 5) is 15.8. The molecule has 0 saturated carbocycles. The summed E-state index contributed by atoms with van der Waals surface area (Å²) in [5.74, 6) is 0.262. The highest BCUT2D eigenvalue weighted by Crippen LogP contribution is 2.46. The van der Waals surface area contributed by atoms with Crippen LogP contribution in [-0.2, 0) is 4.79 Å². The van der Waals surface area contributed by atoms with Crippen molar-refractivity contribution in [3.05, 3.63) is 92.3 Å². The number of nitrogens with one attached hydrogen (secondary N) is 2. The molecule has 0 fully saturated rings. The largest absolute Gasteiger partial charge is 0.372 e. The van der Waals surface area contributed by atoms with E-state index in [0.29, 0.717) is 6.42 Å². The average Bonchev–Trinajstić information content (AvgIpc) is 3.06. The van der Waals surface area contributed by atoms with Crippen molar-refractivity contribution in [2.24, 2.45) is 0 Å². The molecular formula is C24H21ClN2OS. The fraction of sp³-hybridized carbons (Fsp3) is 0.208. The lowest BCUT2D eigenvalue weighted by Gasteiger charge is -2.29. The van der Waals surface area contributed by atoms with Crippen molar-refractivity contribution < 1.29 is 4.79 Å². The van der Waals surface area contributed by atoms with Crippen molar-refractivity contribution in [1.29, 1.82) is 0 Å². The van der Waals surface area contributed by atoms with E-state index in [1.165, 1.54) is 4.88 Å². The second-order valence-electron chi connectivity index (χ2n) is 7.64. The van der Waals surface area contributed by atoms with Crippen LogP contribution in [0.15, 0.2) is 71.9 Å². The number of hydrogen-bond acceptors (Lipinski definition) is 4. The molecular weight excluding hydrogens is 400 g/mol. The minimum Gasteiger partial charge on any atom is -0.372 e. The van der Waals surface area contributed by atoms with Gasteiger partial charge in [0.1, 0.15) is 0 Å². The third-order valence-corrected chi connectivity index (χ3v) is 7.11. The van der Waals surface area contributed by atoms with Gasteiger partial charge in [-0.1, -0.05) is 41.9 Å². The van der Waals surface area contributed by atoms with Gasteiger partial charge in [-0.2, -0.15) is 0 Å². The monoisotopic (exact) mass is 420 g/mol. The van der Waals surface area contributed by atoms with E-state index in [2.05, 4.69) is 41.8 Å². The first-order valence-corrected chi connectivity index (χ1v) is 11.0. The SMILES string of the molecule is Cc1ccc(C2Nc3ccccc3NC3=C2C(=O)CC(c2ccccc2Cl)C3)s1. The first kappa shape index (κ1) is 18.5. The Morgan fingerprint density at radius 3 is 2.48 bits per heavy atom. The van der Waals surface area contributed by atoms with E-state index in [-0.39, 0.29) is 17.7 Å². The minimum absolute atomic E-state index is 0.0819. The van der Waals surface area contributed by atoms with E-state index in [1.54, 1.807) is 11.3 Å². The highest BCUT2D eigenvalue weighted by atomic mass is 35.5. The molecule has 5 heteroatoms. The van der Waals surface area contributed by atoms with Crippen LogP contribution in [0.2, 0.25) is 5.02 Å². The maximum absolute atomic E-state index is 13.4. The summed E-state index contributed by atoms with van der Waals surface area (Å²) in [7, 11) is 0. The number of Topliss-reactive ketones (excluding diaryl/α,β-unsaturated/α-hetero) is 1. The van der Waals surface area contributed by atoms with Crippen LogP contribution in [0.4, 0.5) is 11.4 Å². The number of aryl methyl sites for hydroxylation is 1. The van der Waals surface area contributed by atoms with Crippen LogP contribution in [0, 0.1) is 6.92 Å². The van der Waals surface area contributed by atoms with E-state index < -0.39 is 0 Å². The van der Waals surface area contributed by atoms with Crippen molar-refractivity contribution in [2.75, 3.05) is 10.6 Å². The number of thiophene rings is 1. The number of halogens is 1. The molecule has 146 valence electrons. The molecule has 1 aromatic heterocycles. The van der Waals surface area contributed by atoms with Gasteiger partial charge in [0, 0.05) is 32.5 Å². The van der Waals surface area contributed by atoms with Gasteiger partial charge in [-0.15, -0.1) is 11.3 Å². The maximum atomic E-state index is 13.4. The molecule has 29 heavy (non-hydrogen) atoms. The Kier molecular flexibility index (Phi) is 4.69. The third kappa shape index (κ3) is 3.37. The van der Waals surface area contributed by atoms with E-state index in [0.717, 1.165) is 44.5 Å². The normalized spacial score (nSPS) is 21.0. The zero-order chi connectivity index (χ0) is 20.0. The highest BCUT2D eigenvalue weighted by molar-refractivity contribution is 7.12. The number of carbonyl (C=O) groups is 1. The maximum Gasteiger partial charge on any atom is 0.163 e. The van der Waals surface area contributed by atoms with Crippen LogP contribution in [0.1, 0.15) is 40.1 Å². The number of allylic oxidation sites excluding steroid dienone is 1. The standard InChI is InChI=1S/C24H21ClN2OS/c1-14-10-11-22(29-14)24-23-20(26-18-8-4-5-9-19(18)27-24)12-15(13-21(23)28)16-6-2-3-7-17(16)25/h2-11,15,24,26-27H,12-13H2,1H3. The molecule has 2 unspecified atom stereocenters. The summed E-state index contributed by atoms with van der Waals surface area (Å²) in [6, 6.07) is 20.1. The Morgan fingerprint density at radius 2 is 1.72 bits per heavy atom. The van der Waals surface area contributed by atoms with E-state index in [1.807, 2.05) is 36.4 Å². The topological polar surface area (TPSA) is 41.1 Å². The number of benzene rings is 2. The van der Waals surface area contributed by atoms with Crippen molar-refractivity contribution in [3.8, 4) is 0 Å². The summed E-state index contributed by atoms with van der Waals surface area (Å²) in [6.07, 6.45) is 1.24. The number of hydrogen-bond donors (Lipinski definition) is 2. The molecule has 3 nitrogen and oxygen atoms in total. The molecule has 2 heterocycles. The fourth-order valence-corrected chi connectivity index (χ4v) is 5.57. The number of anilines is 2. The Morgan fingerprint density at radius 1 is 0.966 bits per heavy atom. The fourth-order valence-electron chi connectivity index (χ4n) is 4.34. The van der Waals surface area contributed by atoms with Crippen molar-refractivity contribution in [2.45, 2.75) is 31.7 Å². The molecule has 2 aliphatic rings. The molecule has 1 aliphatic carbocycles. The summed E-state index contributed by atoms with van der Waals surface area (Å²) >= 11 is 8.20. The van der Waals surface area contributed by atoms with Crippen molar-refractivity contribution in [1.82, 2.24) is 0 Å². The molecule has 3 aromatic rings. The lowest BCUT2D eigenvalue weighted by atomic mass is 9.79. The van der Waals surface area contributed by atoms with Crippen LogP contribution in [0.3, 0.4) is 0 Å². The number of rotatable bonds is 2. The third-order valence-electron chi connectivity index (χ3n) is 5.70. The van der Waals surface area contributed by atoms with Gasteiger partial charge in [0.15, 0.2) is 5.78 Å². The lowest BCUT2D eigenvalue weighted by Crippen LogP contribution is -2.26. The zero-order valence-electron chi connectivity index (χ0n) is 16.0. The van der Waals surface area contributed by atoms with E-state index in [4.69, 9.17) is 11.6 Å². The first-order chi connectivity index (χ1) is 14.1. The summed E-state index contributed by atoms with van der Waals surface area (Å²) < 4.78 is 0. The second-order valence-corrected chi connectivity index (χ2v) is 9.37. The smallest absolute Gasteiger partial charge is 0.163 e. The van der Waals surface area contributed by atoms with Crippen LogP contribution in [0.25, 0.3) is 0 Å². The number of carbonyl (C=O) groups excluding carboxylic acids is 1. The molecule has 0 spiro atoms. The lowest BCUT2D eigenvalue weighted by molar-refractivity contribution is -0.116. The van der Waals surface area contributed by atoms with Crippen molar-refractivity contribution in [3.63, 3.8) is 0 Å². The molecule has 0 amide bonds. The molecule has 0 saturated heterocycles. The van der Waals surface area contributed by atoms with Gasteiger partial charge in [0.05, 0.1) is 17.4 Å². The molecule has 5 rings (SSSR count). The second kappa shape index (κ2) is 7.36. The minimum atomic E-state index is -0.139. The molecule has 2 aromatic carbocycles. The first-order valence-electron chi connectivity index (χ1n) is 9.80. The predicted octanol–water partition coefficient (Wildman–Crippen LogP) is 6.69. The van der Waals surface area contributed by atoms with Gasteiger partial charge in [0.25, 0.3) is 0 Å². The van der Waals surface area contributed by atoms with Gasteiger partial charge in [-0.3, -0.25) is 4.79 Å². The van der Waals surface area contributed by atoms with Gasteiger partial charge in [0.2, 0.25) is 0 Å². The average molecular weight is 421 g/mol. The van der Waals surface area contributed by atoms with E-state index >= 15 is 0 Å². The van der Waals surface area contributed by atoms with Gasteiger partial charge in [-0.05, 0) is 55.2 Å². The molecule has 1 aliphatic heterocycles. The predicted molar refractivity (Wildman–Crippen MR) is 121 cm³/mol. The number of fused-ring (bicyclic) bond motifs is 1. The van der Waals surface area contributed by atoms with Crippen LogP contribution in [0.5, 0.6) is 0 Å². The van der Waals surface area contributed by atoms with Crippen LogP contribution >= 0.6 is 22.9 Å². The Labute approximate surface area is 179 Å². The summed E-state index contributed by atoms with van der Waals surface area (Å²) in [6.45, 7) is 2.10. The van der Waals surface area contributed by atoms with Gasteiger partial charge >= 0.3 is 0 Å². The molecule has 2 atom stereocenters. The molecule has 0 bridgehead atoms. The molecule has 0 radical (unpaired) electrons. The van der Waals surface area contributed by atoms with E-state index in [9.17, 15) is 4.79 Å². The number of ketones is 1. The Bertz CT molecular complexity index is 1130. The Hall–Kier alpha value is -2.56. The van der Waals surface area contributed by atoms with Gasteiger partial charge in [-0.25, -0.2) is 0 Å². The summed E-state index contributed by atoms with van der Waals surface area (Å²) in [5, 5.41) is 7.93. The quantitative estimate of drug-likeness (QED) is 0.485. The van der Waals surface area contributed by atoms with Crippen LogP contribution < -0.4 is 10.6 Å². The summed E-state index contributed by atoms with van der Waals surface area (Å²) in [5.41, 5.74) is 4.92. The molecule has 2 N–H and O–H groups in total. The van der Waals surface area contributed by atoms with Crippen molar-refractivity contribution >= 4 is 40.1 Å². The number of para-hydroxylation sites is 2. The Balaban J connectivity index is 1.62. The highest BCUT2D eigenvalue weighted by Gasteiger charge is 2.36. The van der Waals surface area contributed by atoms with Crippen LogP contribution in [-0.4, -0.2) is 5.78 Å². The van der Waals surface area contributed by atoms with Gasteiger partial charge < -0.3 is 10.6 Å². The zero-order valence-corrected chi connectivity index (χ0v) is 17.6.